The van der Waals surface area contributed by atoms with Crippen molar-refractivity contribution in [3.05, 3.63) is 40.7 Å². The summed E-state index contributed by atoms with van der Waals surface area (Å²) in [6.07, 6.45) is 2.44. The molecule has 0 aliphatic heterocycles. The van der Waals surface area contributed by atoms with Gasteiger partial charge in [-0.3, -0.25) is 0 Å². The summed E-state index contributed by atoms with van der Waals surface area (Å²) in [4.78, 5) is 9.53. The Labute approximate surface area is 120 Å². The molecule has 3 nitrogen and oxygen atoms in total. The number of rotatable bonds is 3. The predicted molar refractivity (Wildman–Crippen MR) is 83.2 cm³/mol. The zero-order valence-corrected chi connectivity index (χ0v) is 12.6. The number of hydrogen-bond donors (Lipinski definition) is 1. The topological polar surface area (TPSA) is 37.8 Å². The Morgan fingerprint density at radius 1 is 1.05 bits per heavy atom. The summed E-state index contributed by atoms with van der Waals surface area (Å²) in [6, 6.07) is 6.42. The molecule has 2 aromatic rings. The average molecular weight is 267 g/mol. The standard InChI is InChI=1S/C17H21N3/c1-10-6-5-7-14(11(10)2)15-12(3)16(18-4)20-17(19-15)13-8-9-13/h5-7,13H,8-9H2,1-4H3,(H,18,19,20). The van der Waals surface area contributed by atoms with Gasteiger partial charge in [0.2, 0.25) is 0 Å². The summed E-state index contributed by atoms with van der Waals surface area (Å²) in [5.74, 6) is 2.51. The molecule has 1 aliphatic carbocycles. The van der Waals surface area contributed by atoms with Gasteiger partial charge < -0.3 is 5.32 Å². The third-order valence-electron chi connectivity index (χ3n) is 4.20. The van der Waals surface area contributed by atoms with Gasteiger partial charge >= 0.3 is 0 Å². The summed E-state index contributed by atoms with van der Waals surface area (Å²) in [6.45, 7) is 6.41. The van der Waals surface area contributed by atoms with E-state index in [1.54, 1.807) is 0 Å². The van der Waals surface area contributed by atoms with Crippen LogP contribution in [0.25, 0.3) is 11.3 Å². The number of hydrogen-bond acceptors (Lipinski definition) is 3. The Morgan fingerprint density at radius 2 is 1.80 bits per heavy atom. The molecule has 0 unspecified atom stereocenters. The van der Waals surface area contributed by atoms with Crippen LogP contribution in [0.1, 0.15) is 41.3 Å². The molecule has 3 rings (SSSR count). The Bertz CT molecular complexity index is 658. The van der Waals surface area contributed by atoms with Crippen molar-refractivity contribution in [2.24, 2.45) is 0 Å². The van der Waals surface area contributed by atoms with Gasteiger partial charge in [-0.05, 0) is 44.7 Å². The third kappa shape index (κ3) is 2.17. The smallest absolute Gasteiger partial charge is 0.134 e. The highest BCUT2D eigenvalue weighted by atomic mass is 15.0. The summed E-state index contributed by atoms with van der Waals surface area (Å²) in [5, 5.41) is 3.21. The van der Waals surface area contributed by atoms with E-state index in [4.69, 9.17) is 4.98 Å². The molecular weight excluding hydrogens is 246 g/mol. The van der Waals surface area contributed by atoms with Crippen molar-refractivity contribution in [1.82, 2.24) is 9.97 Å². The molecule has 0 saturated heterocycles. The molecule has 0 spiro atoms. The molecule has 1 aromatic heterocycles. The molecule has 1 aliphatic rings. The van der Waals surface area contributed by atoms with Crippen molar-refractivity contribution in [2.45, 2.75) is 39.5 Å². The molecule has 3 heteroatoms. The number of anilines is 1. The Hall–Kier alpha value is -1.90. The number of nitrogens with one attached hydrogen (secondary N) is 1. The van der Waals surface area contributed by atoms with Crippen molar-refractivity contribution >= 4 is 5.82 Å². The van der Waals surface area contributed by atoms with Crippen molar-refractivity contribution in [2.75, 3.05) is 12.4 Å². The summed E-state index contributed by atoms with van der Waals surface area (Å²) in [7, 11) is 1.93. The lowest BCUT2D eigenvalue weighted by atomic mass is 9.98. The first-order chi connectivity index (χ1) is 9.61. The van der Waals surface area contributed by atoms with Gasteiger partial charge in [-0.15, -0.1) is 0 Å². The zero-order chi connectivity index (χ0) is 14.3. The van der Waals surface area contributed by atoms with E-state index in [2.05, 4.69) is 49.3 Å². The van der Waals surface area contributed by atoms with Crippen LogP contribution in [0.5, 0.6) is 0 Å². The van der Waals surface area contributed by atoms with Crippen LogP contribution in [0.15, 0.2) is 18.2 Å². The fourth-order valence-electron chi connectivity index (χ4n) is 2.57. The maximum absolute atomic E-state index is 4.86. The van der Waals surface area contributed by atoms with E-state index >= 15 is 0 Å². The lowest BCUT2D eigenvalue weighted by Gasteiger charge is -2.15. The molecule has 1 heterocycles. The van der Waals surface area contributed by atoms with E-state index in [1.807, 2.05) is 7.05 Å². The van der Waals surface area contributed by atoms with Gasteiger partial charge in [0.05, 0.1) is 5.69 Å². The first-order valence-corrected chi connectivity index (χ1v) is 7.24. The van der Waals surface area contributed by atoms with Crippen LogP contribution in [0, 0.1) is 20.8 Å². The van der Waals surface area contributed by atoms with Crippen molar-refractivity contribution in [3.8, 4) is 11.3 Å². The summed E-state index contributed by atoms with van der Waals surface area (Å²) >= 11 is 0. The first-order valence-electron chi connectivity index (χ1n) is 7.24. The van der Waals surface area contributed by atoms with Crippen LogP contribution in [0.3, 0.4) is 0 Å². The van der Waals surface area contributed by atoms with E-state index in [1.165, 1.54) is 29.5 Å². The van der Waals surface area contributed by atoms with Crippen molar-refractivity contribution < 1.29 is 0 Å². The number of nitrogens with zero attached hydrogens (tertiary/aromatic N) is 2. The monoisotopic (exact) mass is 267 g/mol. The van der Waals surface area contributed by atoms with Crippen LogP contribution < -0.4 is 5.32 Å². The lowest BCUT2D eigenvalue weighted by Crippen LogP contribution is -2.05. The fourth-order valence-corrected chi connectivity index (χ4v) is 2.57. The van der Waals surface area contributed by atoms with E-state index in [0.717, 1.165) is 22.9 Å². The van der Waals surface area contributed by atoms with Crippen LogP contribution in [0.2, 0.25) is 0 Å². The van der Waals surface area contributed by atoms with E-state index in [-0.39, 0.29) is 0 Å². The van der Waals surface area contributed by atoms with Crippen LogP contribution >= 0.6 is 0 Å². The van der Waals surface area contributed by atoms with Gasteiger partial charge in [-0.25, -0.2) is 9.97 Å². The normalized spacial score (nSPS) is 14.4. The molecule has 0 atom stereocenters. The predicted octanol–water partition coefficient (Wildman–Crippen LogP) is 3.99. The second-order valence-electron chi connectivity index (χ2n) is 5.68. The minimum absolute atomic E-state index is 0.562. The van der Waals surface area contributed by atoms with Crippen molar-refractivity contribution in [3.63, 3.8) is 0 Å². The molecule has 0 bridgehead atoms. The fraction of sp³-hybridized carbons (Fsp3) is 0.412. The number of aromatic nitrogens is 2. The second kappa shape index (κ2) is 4.89. The van der Waals surface area contributed by atoms with Crippen LogP contribution in [-0.4, -0.2) is 17.0 Å². The highest BCUT2D eigenvalue weighted by Crippen LogP contribution is 2.40. The molecule has 0 radical (unpaired) electrons. The molecule has 104 valence electrons. The quantitative estimate of drug-likeness (QED) is 0.913. The van der Waals surface area contributed by atoms with Crippen molar-refractivity contribution in [1.29, 1.82) is 0 Å². The number of aryl methyl sites for hydroxylation is 1. The molecule has 1 fully saturated rings. The van der Waals surface area contributed by atoms with Gasteiger partial charge in [0.1, 0.15) is 11.6 Å². The SMILES string of the molecule is CNc1nc(C2CC2)nc(-c2cccc(C)c2C)c1C. The largest absolute Gasteiger partial charge is 0.373 e. The minimum Gasteiger partial charge on any atom is -0.373 e. The van der Waals surface area contributed by atoms with Gasteiger partial charge in [0, 0.05) is 24.1 Å². The van der Waals surface area contributed by atoms with E-state index < -0.39 is 0 Å². The molecule has 1 aromatic carbocycles. The van der Waals surface area contributed by atoms with E-state index in [0.29, 0.717) is 5.92 Å². The molecule has 20 heavy (non-hydrogen) atoms. The third-order valence-corrected chi connectivity index (χ3v) is 4.20. The molecule has 0 amide bonds. The Kier molecular flexibility index (Phi) is 3.20. The van der Waals surface area contributed by atoms with Gasteiger partial charge in [-0.2, -0.15) is 0 Å². The van der Waals surface area contributed by atoms with Gasteiger partial charge in [-0.1, -0.05) is 18.2 Å². The molecular formula is C17H21N3. The van der Waals surface area contributed by atoms with Crippen LogP contribution in [-0.2, 0) is 0 Å². The van der Waals surface area contributed by atoms with E-state index in [9.17, 15) is 0 Å². The average Bonchev–Trinajstić information content (AvgIpc) is 3.27. The molecule has 1 saturated carbocycles. The second-order valence-corrected chi connectivity index (χ2v) is 5.68. The van der Waals surface area contributed by atoms with Gasteiger partial charge in [0.15, 0.2) is 0 Å². The maximum atomic E-state index is 4.86. The minimum atomic E-state index is 0.562. The Morgan fingerprint density at radius 3 is 2.45 bits per heavy atom. The highest BCUT2D eigenvalue weighted by Gasteiger charge is 2.28. The maximum Gasteiger partial charge on any atom is 0.134 e. The summed E-state index contributed by atoms with van der Waals surface area (Å²) in [5.41, 5.74) is 6.04. The van der Waals surface area contributed by atoms with Crippen LogP contribution in [0.4, 0.5) is 5.82 Å². The number of benzene rings is 1. The first kappa shape index (κ1) is 13.1. The Balaban J connectivity index is 2.21. The zero-order valence-electron chi connectivity index (χ0n) is 12.6. The highest BCUT2D eigenvalue weighted by molar-refractivity contribution is 5.71. The summed E-state index contributed by atoms with van der Waals surface area (Å²) < 4.78 is 0. The molecule has 1 N–H and O–H groups in total. The lowest BCUT2D eigenvalue weighted by molar-refractivity contribution is 0.923. The van der Waals surface area contributed by atoms with Gasteiger partial charge in [0.25, 0.3) is 0 Å².